The second-order valence-corrected chi connectivity index (χ2v) is 7.46. The highest BCUT2D eigenvalue weighted by Crippen LogP contribution is 2.39. The van der Waals surface area contributed by atoms with Gasteiger partial charge in [0.15, 0.2) is 0 Å². The summed E-state index contributed by atoms with van der Waals surface area (Å²) in [6.45, 7) is 14.1. The molecular formula is C24H29N. The molecule has 2 aromatic carbocycles. The van der Waals surface area contributed by atoms with Crippen LogP contribution in [0.5, 0.6) is 0 Å². The molecule has 1 aliphatic carbocycles. The quantitative estimate of drug-likeness (QED) is 0.665. The summed E-state index contributed by atoms with van der Waals surface area (Å²) in [5.41, 5.74) is 12.4. The molecule has 0 amide bonds. The highest BCUT2D eigenvalue weighted by molar-refractivity contribution is 5.59. The molecule has 1 nitrogen and oxygen atoms in total. The monoisotopic (exact) mass is 331 g/mol. The molecule has 3 rings (SSSR count). The van der Waals surface area contributed by atoms with E-state index in [-0.39, 0.29) is 0 Å². The number of benzene rings is 2. The maximum atomic E-state index is 3.69. The molecule has 2 aromatic rings. The van der Waals surface area contributed by atoms with Crippen LogP contribution in [-0.2, 0) is 6.54 Å². The number of hydrogen-bond donors (Lipinski definition) is 1. The van der Waals surface area contributed by atoms with Crippen molar-refractivity contribution in [2.45, 2.75) is 54.0 Å². The first-order valence-electron chi connectivity index (χ1n) is 9.14. The maximum Gasteiger partial charge on any atom is 0.0404 e. The number of rotatable bonds is 4. The topological polar surface area (TPSA) is 12.0 Å². The number of hydrogen-bond acceptors (Lipinski definition) is 1. The molecule has 0 heterocycles. The van der Waals surface area contributed by atoms with Gasteiger partial charge in [-0.3, -0.25) is 0 Å². The summed E-state index contributed by atoms with van der Waals surface area (Å²) in [5.74, 6) is 0.415. The summed E-state index contributed by atoms with van der Waals surface area (Å²) in [6.07, 6.45) is 2.41. The molecule has 0 saturated carbocycles. The van der Waals surface area contributed by atoms with Gasteiger partial charge in [0.05, 0.1) is 0 Å². The van der Waals surface area contributed by atoms with E-state index in [4.69, 9.17) is 0 Å². The molecule has 25 heavy (non-hydrogen) atoms. The van der Waals surface area contributed by atoms with Gasteiger partial charge in [-0.1, -0.05) is 59.2 Å². The van der Waals surface area contributed by atoms with Crippen LogP contribution in [0.4, 0.5) is 5.69 Å². The summed E-state index contributed by atoms with van der Waals surface area (Å²) in [7, 11) is 0. The summed E-state index contributed by atoms with van der Waals surface area (Å²) >= 11 is 0. The molecule has 1 aliphatic rings. The molecule has 0 saturated heterocycles. The average Bonchev–Trinajstić information content (AvgIpc) is 2.82. The van der Waals surface area contributed by atoms with Gasteiger partial charge >= 0.3 is 0 Å². The van der Waals surface area contributed by atoms with Crippen molar-refractivity contribution in [1.82, 2.24) is 0 Å². The lowest BCUT2D eigenvalue weighted by atomic mass is 9.90. The third-order valence-electron chi connectivity index (χ3n) is 5.59. The molecule has 1 atom stereocenters. The lowest BCUT2D eigenvalue weighted by molar-refractivity contribution is 0.960. The molecule has 0 radical (unpaired) electrons. The van der Waals surface area contributed by atoms with Gasteiger partial charge in [-0.25, -0.2) is 0 Å². The van der Waals surface area contributed by atoms with Crippen molar-refractivity contribution in [3.05, 3.63) is 87.0 Å². The minimum atomic E-state index is 0.415. The van der Waals surface area contributed by atoms with Gasteiger partial charge in [0.1, 0.15) is 0 Å². The van der Waals surface area contributed by atoms with Crippen LogP contribution in [0, 0.1) is 20.8 Å². The molecule has 130 valence electrons. The van der Waals surface area contributed by atoms with E-state index in [9.17, 15) is 0 Å². The smallest absolute Gasteiger partial charge is 0.0404 e. The number of nitrogens with one attached hydrogen (secondary N) is 1. The van der Waals surface area contributed by atoms with Crippen LogP contribution in [0.3, 0.4) is 0 Å². The van der Waals surface area contributed by atoms with Crippen LogP contribution in [0.1, 0.15) is 54.5 Å². The highest BCUT2D eigenvalue weighted by Gasteiger charge is 2.22. The van der Waals surface area contributed by atoms with E-state index in [0.29, 0.717) is 5.92 Å². The van der Waals surface area contributed by atoms with Crippen molar-refractivity contribution in [2.75, 3.05) is 5.32 Å². The van der Waals surface area contributed by atoms with Gasteiger partial charge in [0.2, 0.25) is 0 Å². The van der Waals surface area contributed by atoms with Crippen LogP contribution >= 0.6 is 0 Å². The Labute approximate surface area is 152 Å². The predicted molar refractivity (Wildman–Crippen MR) is 109 cm³/mol. The molecule has 1 heteroatoms. The van der Waals surface area contributed by atoms with Crippen LogP contribution in [0.25, 0.3) is 0 Å². The minimum absolute atomic E-state index is 0.415. The highest BCUT2D eigenvalue weighted by atomic mass is 14.9. The third-order valence-corrected chi connectivity index (χ3v) is 5.59. The fourth-order valence-corrected chi connectivity index (χ4v) is 4.01. The van der Waals surface area contributed by atoms with Crippen molar-refractivity contribution >= 4 is 5.69 Å². The zero-order valence-electron chi connectivity index (χ0n) is 16.3. The van der Waals surface area contributed by atoms with Crippen LogP contribution in [0.2, 0.25) is 0 Å². The van der Waals surface area contributed by atoms with Gasteiger partial charge in [0, 0.05) is 18.2 Å². The first-order valence-corrected chi connectivity index (χ1v) is 9.14. The zero-order valence-corrected chi connectivity index (χ0v) is 16.3. The van der Waals surface area contributed by atoms with E-state index in [1.807, 2.05) is 0 Å². The Kier molecular flexibility index (Phi) is 4.85. The normalized spacial score (nSPS) is 17.0. The summed E-state index contributed by atoms with van der Waals surface area (Å²) in [6, 6.07) is 13.3. The second kappa shape index (κ2) is 6.92. The van der Waals surface area contributed by atoms with Crippen LogP contribution < -0.4 is 5.32 Å². The second-order valence-electron chi connectivity index (χ2n) is 7.46. The van der Waals surface area contributed by atoms with Crippen LogP contribution in [0.15, 0.2) is 59.2 Å². The molecule has 0 aliphatic heterocycles. The van der Waals surface area contributed by atoms with Crippen molar-refractivity contribution in [1.29, 1.82) is 0 Å². The first kappa shape index (κ1) is 17.5. The Hall–Kier alpha value is -2.28. The number of aryl methyl sites for hydroxylation is 3. The molecule has 1 N–H and O–H groups in total. The van der Waals surface area contributed by atoms with Gasteiger partial charge in [0.25, 0.3) is 0 Å². The first-order chi connectivity index (χ1) is 11.9. The molecule has 1 unspecified atom stereocenters. The fraction of sp³-hybridized carbons (Fsp3) is 0.333. The zero-order chi connectivity index (χ0) is 18.1. The largest absolute Gasteiger partial charge is 0.381 e. The van der Waals surface area contributed by atoms with E-state index in [1.54, 1.807) is 0 Å². The minimum Gasteiger partial charge on any atom is -0.381 e. The molecule has 0 fully saturated rings. The van der Waals surface area contributed by atoms with Crippen molar-refractivity contribution in [3.63, 3.8) is 0 Å². The average molecular weight is 332 g/mol. The van der Waals surface area contributed by atoms with E-state index >= 15 is 0 Å². The number of allylic oxidation sites excluding steroid dienone is 4. The maximum absolute atomic E-state index is 3.69. The molecule has 0 spiro atoms. The Balaban J connectivity index is 1.89. The molecule has 0 bridgehead atoms. The lowest BCUT2D eigenvalue weighted by Crippen LogP contribution is -2.08. The summed E-state index contributed by atoms with van der Waals surface area (Å²) < 4.78 is 0. The fourth-order valence-electron chi connectivity index (χ4n) is 4.01. The van der Waals surface area contributed by atoms with E-state index < -0.39 is 0 Å². The summed E-state index contributed by atoms with van der Waals surface area (Å²) in [4.78, 5) is 0. The summed E-state index contributed by atoms with van der Waals surface area (Å²) in [5, 5.41) is 3.69. The van der Waals surface area contributed by atoms with Gasteiger partial charge in [-0.2, -0.15) is 0 Å². The molecular weight excluding hydrogens is 302 g/mol. The van der Waals surface area contributed by atoms with E-state index in [1.165, 1.54) is 50.2 Å². The molecule has 0 aromatic heterocycles. The number of anilines is 1. The van der Waals surface area contributed by atoms with Gasteiger partial charge in [-0.15, -0.1) is 0 Å². The van der Waals surface area contributed by atoms with Crippen molar-refractivity contribution in [3.8, 4) is 0 Å². The van der Waals surface area contributed by atoms with Crippen molar-refractivity contribution < 1.29 is 0 Å². The van der Waals surface area contributed by atoms with Crippen LogP contribution in [-0.4, -0.2) is 0 Å². The van der Waals surface area contributed by atoms with Gasteiger partial charge < -0.3 is 5.32 Å². The van der Waals surface area contributed by atoms with E-state index in [2.05, 4.69) is 89.3 Å². The standard InChI is InChI=1S/C24H29N/c1-15-11-17(3)24(18(4)12-15)25-14-21-9-7-8-10-22(21)23-13-16(2)19(5)20(23)6/h7-13,23,25H,14H2,1-6H3. The van der Waals surface area contributed by atoms with E-state index in [0.717, 1.165) is 6.54 Å². The van der Waals surface area contributed by atoms with Gasteiger partial charge in [-0.05, 0) is 69.4 Å². The lowest BCUT2D eigenvalue weighted by Gasteiger charge is -2.19. The Morgan fingerprint density at radius 2 is 1.52 bits per heavy atom. The Morgan fingerprint density at radius 1 is 0.880 bits per heavy atom. The SMILES string of the molecule is CC1=CC(c2ccccc2CNc2c(C)cc(C)cc2C)C(C)=C1C. The Morgan fingerprint density at radius 3 is 2.12 bits per heavy atom. The van der Waals surface area contributed by atoms with Crippen molar-refractivity contribution in [2.24, 2.45) is 0 Å². The Bertz CT molecular complexity index is 844. The predicted octanol–water partition coefficient (Wildman–Crippen LogP) is 6.60. The third kappa shape index (κ3) is 3.42.